The highest BCUT2D eigenvalue weighted by atomic mass is 32.2. The molecule has 2 aromatic carbocycles. The van der Waals surface area contributed by atoms with Crippen molar-refractivity contribution in [2.45, 2.75) is 63.4 Å². The lowest BCUT2D eigenvalue weighted by atomic mass is 9.82. The van der Waals surface area contributed by atoms with E-state index < -0.39 is 40.1 Å². The topological polar surface area (TPSA) is 136 Å². The van der Waals surface area contributed by atoms with E-state index >= 15 is 0 Å². The summed E-state index contributed by atoms with van der Waals surface area (Å²) in [7, 11) is -4.00. The van der Waals surface area contributed by atoms with Gasteiger partial charge in [0.05, 0.1) is 12.2 Å². The van der Waals surface area contributed by atoms with Gasteiger partial charge in [0, 0.05) is 24.8 Å². The number of carbonyl (C=O) groups is 3. The van der Waals surface area contributed by atoms with Gasteiger partial charge >= 0.3 is 12.0 Å². The van der Waals surface area contributed by atoms with Gasteiger partial charge in [0.25, 0.3) is 5.91 Å². The van der Waals surface area contributed by atoms with Crippen molar-refractivity contribution in [1.29, 1.82) is 0 Å². The summed E-state index contributed by atoms with van der Waals surface area (Å²) in [4.78, 5) is 40.0. The smallest absolute Gasteiger partial charge is 0.323 e. The van der Waals surface area contributed by atoms with Crippen molar-refractivity contribution >= 4 is 33.6 Å². The van der Waals surface area contributed by atoms with Gasteiger partial charge in [-0.3, -0.25) is 14.5 Å². The van der Waals surface area contributed by atoms with Gasteiger partial charge < -0.3 is 15.7 Å². The summed E-state index contributed by atoms with van der Waals surface area (Å²) in [6.45, 7) is 1.88. The van der Waals surface area contributed by atoms with Crippen molar-refractivity contribution in [1.82, 2.24) is 14.5 Å². The largest absolute Gasteiger partial charge is 0.481 e. The summed E-state index contributed by atoms with van der Waals surface area (Å²) in [5.41, 5.74) is 2.09. The lowest BCUT2D eigenvalue weighted by molar-refractivity contribution is -0.138. The molecule has 2 aromatic rings. The van der Waals surface area contributed by atoms with Crippen LogP contribution in [0.1, 0.15) is 49.7 Å². The number of benzene rings is 2. The average molecular weight is 557 g/mol. The molecule has 2 atom stereocenters. The molecular formula is C28H36N4O6S. The molecule has 210 valence electrons. The van der Waals surface area contributed by atoms with Crippen LogP contribution in [0.4, 0.5) is 10.5 Å². The standard InChI is InChI=1S/C28H36N4O6S/c1-20-12-14-23(15-13-20)29-28(36)31-16-17-32(39(37,38)19-21-8-4-2-5-9-21)27(31)26(35)30-24(18-25(33)34)22-10-6-3-7-11-22/h2,4-5,8-9,12-15,22,24,27H,3,6-7,10-11,16-19H2,1H3,(H,29,36)(H,30,35)(H,33,34). The summed E-state index contributed by atoms with van der Waals surface area (Å²) in [5.74, 6) is -2.09. The van der Waals surface area contributed by atoms with E-state index in [4.69, 9.17) is 0 Å². The minimum atomic E-state index is -4.00. The van der Waals surface area contributed by atoms with Crippen molar-refractivity contribution in [3.63, 3.8) is 0 Å². The van der Waals surface area contributed by atoms with E-state index in [1.165, 1.54) is 4.90 Å². The van der Waals surface area contributed by atoms with Gasteiger partial charge in [0.15, 0.2) is 6.17 Å². The van der Waals surface area contributed by atoms with Gasteiger partial charge in [0.1, 0.15) is 0 Å². The molecule has 39 heavy (non-hydrogen) atoms. The zero-order chi connectivity index (χ0) is 28.0. The number of anilines is 1. The van der Waals surface area contributed by atoms with Gasteiger partial charge in [-0.15, -0.1) is 0 Å². The monoisotopic (exact) mass is 556 g/mol. The number of sulfonamides is 1. The van der Waals surface area contributed by atoms with Crippen molar-refractivity contribution < 1.29 is 27.9 Å². The highest BCUT2D eigenvalue weighted by molar-refractivity contribution is 7.88. The average Bonchev–Trinajstić information content (AvgIpc) is 3.37. The lowest BCUT2D eigenvalue weighted by Crippen LogP contribution is -2.57. The molecule has 1 aliphatic heterocycles. The first-order valence-electron chi connectivity index (χ1n) is 13.3. The molecule has 2 aliphatic rings. The van der Waals surface area contributed by atoms with Gasteiger partial charge in [-0.2, -0.15) is 4.31 Å². The number of urea groups is 1. The molecule has 0 aromatic heterocycles. The summed E-state index contributed by atoms with van der Waals surface area (Å²) < 4.78 is 28.1. The molecule has 10 nitrogen and oxygen atoms in total. The Labute approximate surface area is 229 Å². The third-order valence-electron chi connectivity index (χ3n) is 7.42. The Morgan fingerprint density at radius 1 is 0.974 bits per heavy atom. The van der Waals surface area contributed by atoms with Crippen molar-refractivity contribution in [3.8, 4) is 0 Å². The van der Waals surface area contributed by atoms with E-state index in [0.29, 0.717) is 11.3 Å². The van der Waals surface area contributed by atoms with Crippen molar-refractivity contribution in [3.05, 3.63) is 65.7 Å². The molecule has 1 aliphatic carbocycles. The number of rotatable bonds is 9. The number of hydrogen-bond acceptors (Lipinski definition) is 5. The maximum Gasteiger partial charge on any atom is 0.323 e. The Kier molecular flexibility index (Phi) is 9.24. The van der Waals surface area contributed by atoms with Crippen molar-refractivity contribution in [2.75, 3.05) is 18.4 Å². The van der Waals surface area contributed by atoms with E-state index in [-0.39, 0.29) is 31.2 Å². The Balaban J connectivity index is 1.60. The molecule has 3 N–H and O–H groups in total. The highest BCUT2D eigenvalue weighted by Gasteiger charge is 2.47. The van der Waals surface area contributed by atoms with Crippen molar-refractivity contribution in [2.24, 2.45) is 5.92 Å². The number of carbonyl (C=O) groups excluding carboxylic acids is 2. The van der Waals surface area contributed by atoms with Crippen LogP contribution in [-0.2, 0) is 25.4 Å². The molecule has 2 fully saturated rings. The van der Waals surface area contributed by atoms with Gasteiger partial charge in [-0.25, -0.2) is 13.2 Å². The van der Waals surface area contributed by atoms with Crippen LogP contribution in [0.3, 0.4) is 0 Å². The second-order valence-corrected chi connectivity index (χ2v) is 12.2. The van der Waals surface area contributed by atoms with E-state index in [1.54, 1.807) is 42.5 Å². The van der Waals surface area contributed by atoms with E-state index in [1.807, 2.05) is 19.1 Å². The number of hydrogen-bond donors (Lipinski definition) is 3. The summed E-state index contributed by atoms with van der Waals surface area (Å²) in [6, 6.07) is 14.5. The Morgan fingerprint density at radius 3 is 2.28 bits per heavy atom. The molecule has 4 rings (SSSR count). The van der Waals surface area contributed by atoms with Crippen LogP contribution in [0.15, 0.2) is 54.6 Å². The van der Waals surface area contributed by atoms with Gasteiger partial charge in [-0.1, -0.05) is 67.3 Å². The zero-order valence-electron chi connectivity index (χ0n) is 22.1. The molecule has 3 amide bonds. The second-order valence-electron chi connectivity index (χ2n) is 10.3. The predicted molar refractivity (Wildman–Crippen MR) is 147 cm³/mol. The quantitative estimate of drug-likeness (QED) is 0.432. The molecule has 11 heteroatoms. The van der Waals surface area contributed by atoms with Crippen LogP contribution in [0, 0.1) is 12.8 Å². The fourth-order valence-electron chi connectivity index (χ4n) is 5.40. The summed E-state index contributed by atoms with van der Waals surface area (Å²) in [6.07, 6.45) is 2.82. The van der Waals surface area contributed by atoms with E-state index in [2.05, 4.69) is 10.6 Å². The molecule has 1 saturated carbocycles. The number of carboxylic acids is 1. The minimum absolute atomic E-state index is 0.0107. The number of nitrogens with zero attached hydrogens (tertiary/aromatic N) is 2. The highest BCUT2D eigenvalue weighted by Crippen LogP contribution is 2.29. The second kappa shape index (κ2) is 12.6. The first-order chi connectivity index (χ1) is 18.6. The Bertz CT molecular complexity index is 1260. The maximum absolute atomic E-state index is 13.8. The van der Waals surface area contributed by atoms with E-state index in [9.17, 15) is 27.9 Å². The number of aliphatic carboxylic acids is 1. The molecule has 2 unspecified atom stereocenters. The fraction of sp³-hybridized carbons (Fsp3) is 0.464. The van der Waals surface area contributed by atoms with Crippen LogP contribution >= 0.6 is 0 Å². The SMILES string of the molecule is Cc1ccc(NC(=O)N2CCN(S(=O)(=O)Cc3ccccc3)C2C(=O)NC(CC(=O)O)C2CCCCC2)cc1. The maximum atomic E-state index is 13.8. The summed E-state index contributed by atoms with van der Waals surface area (Å²) >= 11 is 0. The third-order valence-corrected chi connectivity index (χ3v) is 9.21. The third kappa shape index (κ3) is 7.36. The van der Waals surface area contributed by atoms with Crippen LogP contribution < -0.4 is 10.6 Å². The first kappa shape index (κ1) is 28.6. The van der Waals surface area contributed by atoms with Gasteiger partial charge in [0.2, 0.25) is 10.0 Å². The molecule has 0 spiro atoms. The number of carboxylic acid groups (broad SMARTS) is 1. The fourth-order valence-corrected chi connectivity index (χ4v) is 7.05. The van der Waals surface area contributed by atoms with Crippen LogP contribution in [0.5, 0.6) is 0 Å². The molecule has 1 saturated heterocycles. The minimum Gasteiger partial charge on any atom is -0.481 e. The normalized spacial score (nSPS) is 19.4. The molecule has 0 radical (unpaired) electrons. The van der Waals surface area contributed by atoms with Gasteiger partial charge in [-0.05, 0) is 43.4 Å². The Morgan fingerprint density at radius 2 is 1.64 bits per heavy atom. The predicted octanol–water partition coefficient (Wildman–Crippen LogP) is 3.54. The summed E-state index contributed by atoms with van der Waals surface area (Å²) in [5, 5.41) is 15.1. The molecule has 0 bridgehead atoms. The molecule has 1 heterocycles. The van der Waals surface area contributed by atoms with Crippen LogP contribution in [0.25, 0.3) is 0 Å². The van der Waals surface area contributed by atoms with E-state index in [0.717, 1.165) is 42.0 Å². The lowest BCUT2D eigenvalue weighted by Gasteiger charge is -2.34. The number of amides is 3. The number of aryl methyl sites for hydroxylation is 1. The Hall–Kier alpha value is -3.44. The first-order valence-corrected chi connectivity index (χ1v) is 14.9. The number of nitrogens with one attached hydrogen (secondary N) is 2. The molecular weight excluding hydrogens is 520 g/mol. The van der Waals surface area contributed by atoms with Crippen LogP contribution in [-0.4, -0.2) is 65.9 Å². The zero-order valence-corrected chi connectivity index (χ0v) is 22.9. The van der Waals surface area contributed by atoms with Crippen LogP contribution in [0.2, 0.25) is 0 Å².